The Labute approximate surface area is 197 Å². The highest BCUT2D eigenvalue weighted by molar-refractivity contribution is 6.36. The zero-order chi connectivity index (χ0) is 23.5. The largest absolute Gasteiger partial charge is 0.302 e. The van der Waals surface area contributed by atoms with Crippen molar-refractivity contribution in [2.24, 2.45) is 0 Å². The minimum Gasteiger partial charge on any atom is -0.302 e. The van der Waals surface area contributed by atoms with Crippen molar-refractivity contribution >= 4 is 34.6 Å². The molecule has 2 aliphatic rings. The quantitative estimate of drug-likeness (QED) is 0.327. The van der Waals surface area contributed by atoms with Crippen molar-refractivity contribution in [3.05, 3.63) is 106 Å². The summed E-state index contributed by atoms with van der Waals surface area (Å²) in [5, 5.41) is 0.628. The fourth-order valence-corrected chi connectivity index (χ4v) is 5.58. The van der Waals surface area contributed by atoms with Crippen molar-refractivity contribution < 1.29 is 14.0 Å². The molecule has 5 heteroatoms. The fourth-order valence-electron chi connectivity index (χ4n) is 5.45. The Morgan fingerprint density at radius 3 is 2.36 bits per heavy atom. The molecule has 0 saturated heterocycles. The molecule has 1 atom stereocenters. The number of anilines is 1. The summed E-state index contributed by atoms with van der Waals surface area (Å²) in [4.78, 5) is 28.3. The molecule has 0 fully saturated rings. The maximum Gasteiger partial charge on any atom is 0.259 e. The van der Waals surface area contributed by atoms with Gasteiger partial charge in [0.15, 0.2) is 5.78 Å². The number of hydrogen-bond acceptors (Lipinski definition) is 2. The van der Waals surface area contributed by atoms with Crippen LogP contribution in [0.5, 0.6) is 0 Å². The van der Waals surface area contributed by atoms with Crippen LogP contribution in [-0.2, 0) is 10.2 Å². The molecule has 0 aromatic heterocycles. The van der Waals surface area contributed by atoms with Gasteiger partial charge in [-0.25, -0.2) is 4.39 Å². The van der Waals surface area contributed by atoms with Crippen molar-refractivity contribution in [1.29, 1.82) is 0 Å². The van der Waals surface area contributed by atoms with E-state index in [2.05, 4.69) is 6.92 Å². The summed E-state index contributed by atoms with van der Waals surface area (Å²) in [6, 6.07) is 19.2. The van der Waals surface area contributed by atoms with Crippen LogP contribution in [0.15, 0.2) is 72.8 Å². The van der Waals surface area contributed by atoms with Gasteiger partial charge in [-0.05, 0) is 61.7 Å². The van der Waals surface area contributed by atoms with Crippen LogP contribution in [0.3, 0.4) is 0 Å². The number of amides is 1. The first kappa shape index (κ1) is 21.6. The third-order valence-electron chi connectivity index (χ3n) is 6.82. The molecule has 2 heterocycles. The van der Waals surface area contributed by atoms with Crippen LogP contribution in [0.2, 0.25) is 5.02 Å². The van der Waals surface area contributed by atoms with Gasteiger partial charge in [0, 0.05) is 27.1 Å². The highest BCUT2D eigenvalue weighted by Crippen LogP contribution is 2.56. The lowest BCUT2D eigenvalue weighted by Gasteiger charge is -2.49. The van der Waals surface area contributed by atoms with Gasteiger partial charge in [0.25, 0.3) is 5.91 Å². The number of rotatable bonds is 3. The van der Waals surface area contributed by atoms with E-state index in [1.165, 1.54) is 18.2 Å². The van der Waals surface area contributed by atoms with Crippen LogP contribution in [0.4, 0.5) is 10.1 Å². The monoisotopic (exact) mass is 459 g/mol. The van der Waals surface area contributed by atoms with E-state index < -0.39 is 16.8 Å². The number of ketones is 1. The molecular formula is C28H23ClFNO2. The third-order valence-corrected chi connectivity index (χ3v) is 7.07. The third kappa shape index (κ3) is 3.32. The smallest absolute Gasteiger partial charge is 0.259 e. The SMILES string of the molecule is CC1(c2ccc(Cl)cc2)CC(C)(C)N2C(=O)C(=CC(=O)c3ccccc3)c3cc(F)cc1c32. The molecule has 2 aliphatic heterocycles. The van der Waals surface area contributed by atoms with Crippen LogP contribution in [0, 0.1) is 5.82 Å². The molecule has 166 valence electrons. The van der Waals surface area contributed by atoms with Crippen molar-refractivity contribution in [2.75, 3.05) is 4.90 Å². The molecule has 33 heavy (non-hydrogen) atoms. The Bertz CT molecular complexity index is 1330. The van der Waals surface area contributed by atoms with Crippen LogP contribution < -0.4 is 4.90 Å². The molecule has 1 unspecified atom stereocenters. The molecule has 0 spiro atoms. The zero-order valence-corrected chi connectivity index (χ0v) is 19.4. The predicted molar refractivity (Wildman–Crippen MR) is 129 cm³/mol. The molecule has 1 amide bonds. The summed E-state index contributed by atoms with van der Waals surface area (Å²) in [6.45, 7) is 6.10. The summed E-state index contributed by atoms with van der Waals surface area (Å²) in [7, 11) is 0. The van der Waals surface area contributed by atoms with Gasteiger partial charge >= 0.3 is 0 Å². The van der Waals surface area contributed by atoms with Gasteiger partial charge in [-0.15, -0.1) is 0 Å². The molecule has 0 bridgehead atoms. The van der Waals surface area contributed by atoms with Gasteiger partial charge in [-0.2, -0.15) is 0 Å². The van der Waals surface area contributed by atoms with Crippen LogP contribution in [0.1, 0.15) is 54.2 Å². The Kier molecular flexibility index (Phi) is 4.84. The molecule has 0 radical (unpaired) electrons. The van der Waals surface area contributed by atoms with Gasteiger partial charge in [0.2, 0.25) is 0 Å². The number of carbonyl (C=O) groups excluding carboxylic acids is 2. The molecule has 0 aliphatic carbocycles. The van der Waals surface area contributed by atoms with E-state index in [1.807, 2.05) is 44.2 Å². The highest BCUT2D eigenvalue weighted by atomic mass is 35.5. The average Bonchev–Trinajstić information content (AvgIpc) is 3.05. The summed E-state index contributed by atoms with van der Waals surface area (Å²) in [5.74, 6) is -0.990. The first-order chi connectivity index (χ1) is 15.6. The van der Waals surface area contributed by atoms with Gasteiger partial charge in [0.05, 0.1) is 11.3 Å². The lowest BCUT2D eigenvalue weighted by molar-refractivity contribution is -0.114. The van der Waals surface area contributed by atoms with E-state index in [0.717, 1.165) is 11.1 Å². The Balaban J connectivity index is 1.74. The van der Waals surface area contributed by atoms with Crippen molar-refractivity contribution in [1.82, 2.24) is 0 Å². The van der Waals surface area contributed by atoms with E-state index in [1.54, 1.807) is 29.2 Å². The second kappa shape index (κ2) is 7.39. The topological polar surface area (TPSA) is 37.4 Å². The second-order valence-corrected chi connectivity index (χ2v) is 10.0. The van der Waals surface area contributed by atoms with E-state index in [0.29, 0.717) is 28.3 Å². The van der Waals surface area contributed by atoms with Crippen LogP contribution >= 0.6 is 11.6 Å². The number of halogens is 2. The number of carbonyl (C=O) groups is 2. The number of nitrogens with zero attached hydrogens (tertiary/aromatic N) is 1. The van der Waals surface area contributed by atoms with Gasteiger partial charge < -0.3 is 4.90 Å². The van der Waals surface area contributed by atoms with Gasteiger partial charge in [0.1, 0.15) is 5.82 Å². The maximum absolute atomic E-state index is 15.0. The van der Waals surface area contributed by atoms with Gasteiger partial charge in [-0.1, -0.05) is 61.0 Å². The van der Waals surface area contributed by atoms with Crippen LogP contribution in [0.25, 0.3) is 5.57 Å². The predicted octanol–water partition coefficient (Wildman–Crippen LogP) is 6.58. The van der Waals surface area contributed by atoms with Crippen molar-refractivity contribution in [3.8, 4) is 0 Å². The normalized spacial score (nSPS) is 21.9. The van der Waals surface area contributed by atoms with E-state index >= 15 is 0 Å². The molecule has 0 saturated carbocycles. The lowest BCUT2D eigenvalue weighted by atomic mass is 9.65. The summed E-state index contributed by atoms with van der Waals surface area (Å²) in [5.41, 5.74) is 2.49. The van der Waals surface area contributed by atoms with Crippen LogP contribution in [-0.4, -0.2) is 17.2 Å². The average molecular weight is 460 g/mol. The zero-order valence-electron chi connectivity index (χ0n) is 18.7. The molecule has 3 nitrogen and oxygen atoms in total. The second-order valence-electron chi connectivity index (χ2n) is 9.61. The first-order valence-corrected chi connectivity index (χ1v) is 11.3. The number of allylic oxidation sites excluding steroid dienone is 1. The minimum atomic E-state index is -0.559. The lowest BCUT2D eigenvalue weighted by Crippen LogP contribution is -2.54. The van der Waals surface area contributed by atoms with E-state index in [9.17, 15) is 14.0 Å². The van der Waals surface area contributed by atoms with Crippen molar-refractivity contribution in [2.45, 2.75) is 38.1 Å². The Hall–Kier alpha value is -3.24. The van der Waals surface area contributed by atoms with E-state index in [4.69, 9.17) is 11.6 Å². The minimum absolute atomic E-state index is 0.230. The molecular weight excluding hydrogens is 437 g/mol. The molecule has 3 aromatic carbocycles. The molecule has 3 aromatic rings. The molecule has 0 N–H and O–H groups in total. The molecule has 5 rings (SSSR count). The standard InChI is InChI=1S/C28H23ClFNO2/c1-27(2)16-28(3,18-9-11-19(29)12-10-18)23-14-20(30)13-21-22(26(33)31(27)25(21)23)15-24(32)17-7-5-4-6-8-17/h4-15H,16H2,1-3H3. The Morgan fingerprint density at radius 2 is 1.70 bits per heavy atom. The number of hydrogen-bond donors (Lipinski definition) is 0. The summed E-state index contributed by atoms with van der Waals surface area (Å²) >= 11 is 6.12. The van der Waals surface area contributed by atoms with E-state index in [-0.39, 0.29) is 17.3 Å². The maximum atomic E-state index is 15.0. The highest BCUT2D eigenvalue weighted by Gasteiger charge is 2.52. The van der Waals surface area contributed by atoms with Gasteiger partial charge in [-0.3, -0.25) is 9.59 Å². The Morgan fingerprint density at radius 1 is 1.03 bits per heavy atom. The fraction of sp³-hybridized carbons (Fsp3) is 0.214. The summed E-state index contributed by atoms with van der Waals surface area (Å²) < 4.78 is 15.0. The first-order valence-electron chi connectivity index (χ1n) is 10.9. The summed E-state index contributed by atoms with van der Waals surface area (Å²) in [6.07, 6.45) is 1.93. The van der Waals surface area contributed by atoms with Crippen molar-refractivity contribution in [3.63, 3.8) is 0 Å². The number of benzene rings is 3.